The Morgan fingerprint density at radius 3 is 2.85 bits per heavy atom. The number of aromatic nitrogens is 4. The van der Waals surface area contributed by atoms with Crippen molar-refractivity contribution in [1.29, 1.82) is 0 Å². The molecule has 3 aromatic rings. The molecule has 0 bridgehead atoms. The molecule has 2 heterocycles. The molecule has 0 saturated carbocycles. The minimum Gasteiger partial charge on any atom is -0.327 e. The van der Waals surface area contributed by atoms with E-state index in [1.165, 1.54) is 12.1 Å². The molecule has 1 aromatic carbocycles. The number of aryl methyl sites for hydroxylation is 2. The molecule has 0 radical (unpaired) electrons. The van der Waals surface area contributed by atoms with Crippen LogP contribution in [0.4, 0.5) is 4.39 Å². The van der Waals surface area contributed by atoms with Gasteiger partial charge in [0.1, 0.15) is 11.6 Å². The Hall–Kier alpha value is -2.21. The fourth-order valence-electron chi connectivity index (χ4n) is 2.44. The third kappa shape index (κ3) is 1.98. The van der Waals surface area contributed by atoms with Gasteiger partial charge in [-0.15, -0.1) is 0 Å². The van der Waals surface area contributed by atoms with Gasteiger partial charge in [0.25, 0.3) is 0 Å². The Kier molecular flexibility index (Phi) is 3.02. The summed E-state index contributed by atoms with van der Waals surface area (Å²) in [6.45, 7) is 2.75. The number of rotatable bonds is 3. The summed E-state index contributed by atoms with van der Waals surface area (Å²) >= 11 is 0. The minimum atomic E-state index is -0.376. The van der Waals surface area contributed by atoms with Crippen molar-refractivity contribution >= 4 is 11.0 Å². The van der Waals surface area contributed by atoms with E-state index in [0.29, 0.717) is 5.52 Å². The normalized spacial score (nSPS) is 13.0. The summed E-state index contributed by atoms with van der Waals surface area (Å²) < 4.78 is 17.0. The second-order valence-electron chi connectivity index (χ2n) is 4.77. The highest BCUT2D eigenvalue weighted by molar-refractivity contribution is 5.76. The van der Waals surface area contributed by atoms with E-state index in [2.05, 4.69) is 10.1 Å². The highest BCUT2D eigenvalue weighted by Gasteiger charge is 2.19. The van der Waals surface area contributed by atoms with E-state index >= 15 is 0 Å². The van der Waals surface area contributed by atoms with Gasteiger partial charge in [0.15, 0.2) is 0 Å². The molecular formula is C14H16FN5. The zero-order valence-electron chi connectivity index (χ0n) is 11.4. The van der Waals surface area contributed by atoms with Crippen LogP contribution in [0.5, 0.6) is 0 Å². The van der Waals surface area contributed by atoms with E-state index < -0.39 is 0 Å². The van der Waals surface area contributed by atoms with Gasteiger partial charge in [-0.2, -0.15) is 5.10 Å². The van der Waals surface area contributed by atoms with E-state index in [9.17, 15) is 4.39 Å². The Bertz CT molecular complexity index is 758. The molecule has 0 aliphatic carbocycles. The van der Waals surface area contributed by atoms with Crippen molar-refractivity contribution in [2.45, 2.75) is 19.5 Å². The summed E-state index contributed by atoms with van der Waals surface area (Å²) in [4.78, 5) is 4.49. The van der Waals surface area contributed by atoms with E-state index in [-0.39, 0.29) is 11.9 Å². The van der Waals surface area contributed by atoms with Crippen molar-refractivity contribution in [2.24, 2.45) is 12.8 Å². The first-order valence-corrected chi connectivity index (χ1v) is 6.50. The maximum absolute atomic E-state index is 13.3. The molecule has 1 unspecified atom stereocenters. The molecule has 2 aromatic heterocycles. The van der Waals surface area contributed by atoms with Gasteiger partial charge < -0.3 is 10.3 Å². The minimum absolute atomic E-state index is 0.292. The zero-order chi connectivity index (χ0) is 14.3. The fourth-order valence-corrected chi connectivity index (χ4v) is 2.44. The van der Waals surface area contributed by atoms with Crippen molar-refractivity contribution in [1.82, 2.24) is 19.3 Å². The third-order valence-electron chi connectivity index (χ3n) is 3.42. The molecule has 0 aliphatic heterocycles. The van der Waals surface area contributed by atoms with Crippen LogP contribution >= 0.6 is 0 Å². The first kappa shape index (κ1) is 12.8. The lowest BCUT2D eigenvalue weighted by atomic mass is 10.1. The summed E-state index contributed by atoms with van der Waals surface area (Å²) in [6.07, 6.45) is 3.59. The average molecular weight is 273 g/mol. The fraction of sp³-hybridized carbons (Fsp3) is 0.286. The van der Waals surface area contributed by atoms with Gasteiger partial charge in [0.05, 0.1) is 23.3 Å². The molecule has 104 valence electrons. The number of imidazole rings is 1. The standard InChI is InChI=1S/C14H16FN5/c1-3-20-12-5-4-10(15)6-11(12)18-14(20)13(16)9-7-17-19(2)8-9/h4-8,13H,3,16H2,1-2H3. The third-order valence-corrected chi connectivity index (χ3v) is 3.42. The highest BCUT2D eigenvalue weighted by Crippen LogP contribution is 2.24. The maximum Gasteiger partial charge on any atom is 0.131 e. The second-order valence-corrected chi connectivity index (χ2v) is 4.77. The van der Waals surface area contributed by atoms with Crippen LogP contribution in [0, 0.1) is 5.82 Å². The predicted molar refractivity (Wildman–Crippen MR) is 74.6 cm³/mol. The van der Waals surface area contributed by atoms with Gasteiger partial charge in [-0.25, -0.2) is 9.37 Å². The lowest BCUT2D eigenvalue weighted by molar-refractivity contribution is 0.629. The molecule has 0 spiro atoms. The van der Waals surface area contributed by atoms with E-state index in [1.54, 1.807) is 16.9 Å². The Morgan fingerprint density at radius 1 is 1.40 bits per heavy atom. The number of hydrogen-bond acceptors (Lipinski definition) is 3. The monoisotopic (exact) mass is 273 g/mol. The van der Waals surface area contributed by atoms with Crippen LogP contribution in [0.25, 0.3) is 11.0 Å². The van der Waals surface area contributed by atoms with Crippen LogP contribution in [0.1, 0.15) is 24.4 Å². The van der Waals surface area contributed by atoms with Gasteiger partial charge in [0.2, 0.25) is 0 Å². The summed E-state index contributed by atoms with van der Waals surface area (Å²) in [5.74, 6) is 0.431. The highest BCUT2D eigenvalue weighted by atomic mass is 19.1. The molecular weight excluding hydrogens is 257 g/mol. The summed E-state index contributed by atoms with van der Waals surface area (Å²) in [7, 11) is 1.84. The number of halogens is 1. The SMILES string of the molecule is CCn1c(C(N)c2cnn(C)c2)nc2cc(F)ccc21. The second kappa shape index (κ2) is 4.72. The Labute approximate surface area is 115 Å². The van der Waals surface area contributed by atoms with Crippen LogP contribution in [0.15, 0.2) is 30.6 Å². The molecule has 0 aliphatic rings. The van der Waals surface area contributed by atoms with Gasteiger partial charge in [0, 0.05) is 31.4 Å². The van der Waals surface area contributed by atoms with E-state index in [0.717, 1.165) is 23.4 Å². The lowest BCUT2D eigenvalue weighted by Gasteiger charge is -2.11. The van der Waals surface area contributed by atoms with Gasteiger partial charge in [-0.3, -0.25) is 4.68 Å². The molecule has 6 heteroatoms. The zero-order valence-corrected chi connectivity index (χ0v) is 11.4. The van der Waals surface area contributed by atoms with Crippen molar-refractivity contribution in [3.63, 3.8) is 0 Å². The number of hydrogen-bond donors (Lipinski definition) is 1. The van der Waals surface area contributed by atoms with Crippen LogP contribution in [0.2, 0.25) is 0 Å². The number of nitrogens with zero attached hydrogens (tertiary/aromatic N) is 4. The molecule has 0 amide bonds. The number of benzene rings is 1. The van der Waals surface area contributed by atoms with Gasteiger partial charge in [-0.1, -0.05) is 0 Å². The van der Waals surface area contributed by atoms with Gasteiger partial charge in [-0.05, 0) is 19.1 Å². The van der Waals surface area contributed by atoms with Gasteiger partial charge >= 0.3 is 0 Å². The summed E-state index contributed by atoms with van der Waals surface area (Å²) in [5.41, 5.74) is 8.68. The first-order chi connectivity index (χ1) is 9.60. The van der Waals surface area contributed by atoms with Crippen LogP contribution in [-0.2, 0) is 13.6 Å². The maximum atomic E-state index is 13.3. The van der Waals surface area contributed by atoms with Crippen molar-refractivity contribution < 1.29 is 4.39 Å². The van der Waals surface area contributed by atoms with Crippen molar-refractivity contribution in [3.05, 3.63) is 47.8 Å². The summed E-state index contributed by atoms with van der Waals surface area (Å²) in [6, 6.07) is 4.23. The smallest absolute Gasteiger partial charge is 0.131 e. The molecule has 1 atom stereocenters. The lowest BCUT2D eigenvalue weighted by Crippen LogP contribution is -2.17. The summed E-state index contributed by atoms with van der Waals surface area (Å²) in [5, 5.41) is 4.13. The van der Waals surface area contributed by atoms with E-state index in [1.807, 2.05) is 24.7 Å². The molecule has 0 saturated heterocycles. The predicted octanol–water partition coefficient (Wildman–Crippen LogP) is 1.98. The van der Waals surface area contributed by atoms with Crippen LogP contribution in [0.3, 0.4) is 0 Å². The molecule has 5 nitrogen and oxygen atoms in total. The Balaban J connectivity index is 2.15. The largest absolute Gasteiger partial charge is 0.327 e. The molecule has 2 N–H and O–H groups in total. The number of fused-ring (bicyclic) bond motifs is 1. The topological polar surface area (TPSA) is 61.7 Å². The molecule has 3 rings (SSSR count). The average Bonchev–Trinajstić information content (AvgIpc) is 3.00. The number of nitrogens with two attached hydrogens (primary N) is 1. The van der Waals surface area contributed by atoms with Crippen LogP contribution < -0.4 is 5.73 Å². The quantitative estimate of drug-likeness (QED) is 0.793. The van der Waals surface area contributed by atoms with Crippen LogP contribution in [-0.4, -0.2) is 19.3 Å². The first-order valence-electron chi connectivity index (χ1n) is 6.50. The molecule has 0 fully saturated rings. The van der Waals surface area contributed by atoms with Crippen molar-refractivity contribution in [3.8, 4) is 0 Å². The Morgan fingerprint density at radius 2 is 2.20 bits per heavy atom. The van der Waals surface area contributed by atoms with Crippen molar-refractivity contribution in [2.75, 3.05) is 0 Å². The van der Waals surface area contributed by atoms with E-state index in [4.69, 9.17) is 5.73 Å². The molecule has 20 heavy (non-hydrogen) atoms.